The molecule has 0 aliphatic heterocycles. The van der Waals surface area contributed by atoms with Crippen LogP contribution in [0.2, 0.25) is 0 Å². The van der Waals surface area contributed by atoms with Crippen molar-refractivity contribution in [3.63, 3.8) is 0 Å². The Balaban J connectivity index is 2.85. The topological polar surface area (TPSA) is 59.1 Å². The summed E-state index contributed by atoms with van der Waals surface area (Å²) in [5.74, 6) is 2.42. The van der Waals surface area contributed by atoms with Crippen molar-refractivity contribution in [3.05, 3.63) is 24.5 Å². The van der Waals surface area contributed by atoms with E-state index in [4.69, 9.17) is 6.42 Å². The molecular formula is C11H14N2O2S. The summed E-state index contributed by atoms with van der Waals surface area (Å²) in [5.41, 5.74) is 0. The summed E-state index contributed by atoms with van der Waals surface area (Å²) in [6.07, 6.45) is 9.51. The van der Waals surface area contributed by atoms with Gasteiger partial charge in [-0.05, 0) is 18.6 Å². The molecule has 0 bridgehead atoms. The van der Waals surface area contributed by atoms with Crippen LogP contribution < -0.4 is 4.72 Å². The first-order chi connectivity index (χ1) is 7.60. The summed E-state index contributed by atoms with van der Waals surface area (Å²) in [4.78, 5) is 3.89. The van der Waals surface area contributed by atoms with Crippen molar-refractivity contribution < 1.29 is 8.42 Å². The smallest absolute Gasteiger partial charge is 0.243 e. The van der Waals surface area contributed by atoms with Crippen LogP contribution in [0.25, 0.3) is 0 Å². The average molecular weight is 238 g/mol. The molecule has 0 saturated heterocycles. The van der Waals surface area contributed by atoms with Gasteiger partial charge in [0.1, 0.15) is 4.90 Å². The molecule has 1 unspecified atom stereocenters. The summed E-state index contributed by atoms with van der Waals surface area (Å²) in [7, 11) is -3.55. The lowest BCUT2D eigenvalue weighted by atomic mass is 10.2. The van der Waals surface area contributed by atoms with Crippen molar-refractivity contribution in [3.8, 4) is 12.3 Å². The molecule has 0 saturated carbocycles. The van der Waals surface area contributed by atoms with Crippen molar-refractivity contribution in [2.24, 2.45) is 0 Å². The van der Waals surface area contributed by atoms with Crippen molar-refractivity contribution in [1.82, 2.24) is 9.71 Å². The third-order valence-corrected chi connectivity index (χ3v) is 3.48. The number of pyridine rings is 1. The Labute approximate surface area is 96.2 Å². The maximum Gasteiger partial charge on any atom is 0.243 e. The molecule has 4 nitrogen and oxygen atoms in total. The van der Waals surface area contributed by atoms with Crippen molar-refractivity contribution in [2.75, 3.05) is 0 Å². The zero-order chi connectivity index (χ0) is 12.0. The molecule has 0 fully saturated rings. The van der Waals surface area contributed by atoms with Gasteiger partial charge in [0.2, 0.25) is 10.0 Å². The Bertz CT molecular complexity index is 463. The molecule has 5 heteroatoms. The average Bonchev–Trinajstić information content (AvgIpc) is 2.29. The monoisotopic (exact) mass is 238 g/mol. The van der Waals surface area contributed by atoms with E-state index >= 15 is 0 Å². The minimum Gasteiger partial charge on any atom is -0.263 e. The number of aromatic nitrogens is 1. The Morgan fingerprint density at radius 2 is 2.38 bits per heavy atom. The van der Waals surface area contributed by atoms with Crippen LogP contribution in [0.1, 0.15) is 19.8 Å². The van der Waals surface area contributed by atoms with Crippen LogP contribution in [0.15, 0.2) is 29.4 Å². The van der Waals surface area contributed by atoms with Crippen LogP contribution >= 0.6 is 0 Å². The fraction of sp³-hybridized carbons (Fsp3) is 0.364. The second-order valence-electron chi connectivity index (χ2n) is 3.32. The lowest BCUT2D eigenvalue weighted by molar-refractivity contribution is 0.564. The molecule has 1 heterocycles. The molecule has 1 N–H and O–H groups in total. The first-order valence-corrected chi connectivity index (χ1v) is 6.47. The van der Waals surface area contributed by atoms with Gasteiger partial charge in [0, 0.05) is 12.4 Å². The van der Waals surface area contributed by atoms with Gasteiger partial charge in [0.25, 0.3) is 0 Å². The molecule has 1 atom stereocenters. The number of sulfonamides is 1. The number of hydrogen-bond donors (Lipinski definition) is 1. The van der Waals surface area contributed by atoms with E-state index in [0.717, 1.165) is 6.42 Å². The quantitative estimate of drug-likeness (QED) is 0.783. The SMILES string of the molecule is C#CC(CCC)NS(=O)(=O)c1cccnc1. The van der Waals surface area contributed by atoms with Gasteiger partial charge < -0.3 is 0 Å². The van der Waals surface area contributed by atoms with Crippen LogP contribution in [0.5, 0.6) is 0 Å². The highest BCUT2D eigenvalue weighted by Gasteiger charge is 2.17. The highest BCUT2D eigenvalue weighted by Crippen LogP contribution is 2.07. The Morgan fingerprint density at radius 3 is 2.88 bits per heavy atom. The van der Waals surface area contributed by atoms with E-state index < -0.39 is 16.1 Å². The van der Waals surface area contributed by atoms with Gasteiger partial charge in [-0.3, -0.25) is 4.98 Å². The first kappa shape index (κ1) is 12.7. The van der Waals surface area contributed by atoms with Crippen molar-refractivity contribution in [1.29, 1.82) is 0 Å². The van der Waals surface area contributed by atoms with Gasteiger partial charge in [-0.2, -0.15) is 4.72 Å². The lowest BCUT2D eigenvalue weighted by Gasteiger charge is -2.11. The minimum absolute atomic E-state index is 0.131. The number of hydrogen-bond acceptors (Lipinski definition) is 3. The summed E-state index contributed by atoms with van der Waals surface area (Å²) in [6, 6.07) is 2.59. The predicted octanol–water partition coefficient (Wildman–Crippen LogP) is 1.16. The number of nitrogens with zero attached hydrogens (tertiary/aromatic N) is 1. The second-order valence-corrected chi connectivity index (χ2v) is 5.03. The molecule has 16 heavy (non-hydrogen) atoms. The van der Waals surface area contributed by atoms with Crippen molar-refractivity contribution in [2.45, 2.75) is 30.7 Å². The third kappa shape index (κ3) is 3.33. The van der Waals surface area contributed by atoms with E-state index in [1.165, 1.54) is 18.5 Å². The van der Waals surface area contributed by atoms with Gasteiger partial charge in [-0.25, -0.2) is 8.42 Å². The standard InChI is InChI=1S/C11H14N2O2S/c1-3-6-10(4-2)13-16(14,15)11-7-5-8-12-9-11/h2,5,7-10,13H,3,6H2,1H3. The Morgan fingerprint density at radius 1 is 1.62 bits per heavy atom. The zero-order valence-electron chi connectivity index (χ0n) is 9.05. The van der Waals surface area contributed by atoms with Crippen LogP contribution in [0, 0.1) is 12.3 Å². The third-order valence-electron chi connectivity index (χ3n) is 2.02. The molecular weight excluding hydrogens is 224 g/mol. The molecule has 0 aromatic carbocycles. The molecule has 0 aliphatic rings. The van der Waals surface area contributed by atoms with E-state index in [1.54, 1.807) is 6.07 Å². The fourth-order valence-electron chi connectivity index (χ4n) is 1.23. The molecule has 0 spiro atoms. The largest absolute Gasteiger partial charge is 0.263 e. The van der Waals surface area contributed by atoms with Gasteiger partial charge in [-0.15, -0.1) is 6.42 Å². The summed E-state index contributed by atoms with van der Waals surface area (Å²) in [6.45, 7) is 1.95. The van der Waals surface area contributed by atoms with E-state index in [2.05, 4.69) is 15.6 Å². The predicted molar refractivity (Wildman–Crippen MR) is 62.1 cm³/mol. The van der Waals surface area contributed by atoms with Gasteiger partial charge in [-0.1, -0.05) is 19.3 Å². The maximum absolute atomic E-state index is 11.8. The van der Waals surface area contributed by atoms with Gasteiger partial charge >= 0.3 is 0 Å². The molecule has 0 radical (unpaired) electrons. The molecule has 86 valence electrons. The Kier molecular flexibility index (Phi) is 4.47. The molecule has 1 aromatic heterocycles. The summed E-state index contributed by atoms with van der Waals surface area (Å²) < 4.78 is 26.1. The zero-order valence-corrected chi connectivity index (χ0v) is 9.87. The minimum atomic E-state index is -3.55. The van der Waals surface area contributed by atoms with Crippen LogP contribution in [-0.4, -0.2) is 19.4 Å². The van der Waals surface area contributed by atoms with Crippen LogP contribution in [-0.2, 0) is 10.0 Å². The maximum atomic E-state index is 11.8. The van der Waals surface area contributed by atoms with Gasteiger partial charge in [0.15, 0.2) is 0 Å². The second kappa shape index (κ2) is 5.64. The van der Waals surface area contributed by atoms with Crippen LogP contribution in [0.4, 0.5) is 0 Å². The van der Waals surface area contributed by atoms with Crippen molar-refractivity contribution >= 4 is 10.0 Å². The van der Waals surface area contributed by atoms with E-state index in [0.29, 0.717) is 6.42 Å². The van der Waals surface area contributed by atoms with E-state index in [1.807, 2.05) is 6.92 Å². The number of terminal acetylenes is 1. The highest BCUT2D eigenvalue weighted by molar-refractivity contribution is 7.89. The number of rotatable bonds is 5. The Hall–Kier alpha value is -1.38. The van der Waals surface area contributed by atoms with Gasteiger partial charge in [0.05, 0.1) is 6.04 Å². The fourth-order valence-corrected chi connectivity index (χ4v) is 2.38. The highest BCUT2D eigenvalue weighted by atomic mass is 32.2. The first-order valence-electron chi connectivity index (χ1n) is 4.98. The normalized spacial score (nSPS) is 13.0. The molecule has 0 aliphatic carbocycles. The van der Waals surface area contributed by atoms with E-state index in [-0.39, 0.29) is 4.90 Å². The molecule has 0 amide bonds. The summed E-state index contributed by atoms with van der Waals surface area (Å²) >= 11 is 0. The van der Waals surface area contributed by atoms with E-state index in [9.17, 15) is 8.42 Å². The molecule has 1 rings (SSSR count). The number of nitrogens with one attached hydrogen (secondary N) is 1. The summed E-state index contributed by atoms with van der Waals surface area (Å²) in [5, 5.41) is 0. The van der Waals surface area contributed by atoms with Crippen LogP contribution in [0.3, 0.4) is 0 Å². The molecule has 1 aromatic rings. The lowest BCUT2D eigenvalue weighted by Crippen LogP contribution is -2.33.